The molecular weight excluding hydrogens is 184 g/mol. The van der Waals surface area contributed by atoms with Crippen molar-refractivity contribution >= 4 is 0 Å². The number of aryl methyl sites for hydroxylation is 2. The molecule has 86 valence electrons. The molecule has 0 radical (unpaired) electrons. The Balaban J connectivity index is 0.000000442. The number of hydrogen-bond acceptors (Lipinski definition) is 1. The Labute approximate surface area is 94.5 Å². The minimum atomic E-state index is 0.861. The van der Waals surface area contributed by atoms with E-state index in [0.717, 1.165) is 18.8 Å². The molecule has 2 rings (SSSR count). The predicted octanol–water partition coefficient (Wildman–Crippen LogP) is 4.29. The monoisotopic (exact) mass is 208 g/mol. The van der Waals surface area contributed by atoms with Crippen molar-refractivity contribution in [3.8, 4) is 5.75 Å². The molecule has 0 unspecified atom stereocenters. The first-order valence-corrected chi connectivity index (χ1v) is 6.00. The number of ether oxygens (including phenoxy) is 1. The van der Waals surface area contributed by atoms with E-state index in [4.69, 9.17) is 4.74 Å². The van der Waals surface area contributed by atoms with Crippen LogP contribution in [-0.2, 0) is 6.42 Å². The van der Waals surface area contributed by atoms with Crippen LogP contribution in [0.4, 0.5) is 0 Å². The molecule has 1 aromatic carbocycles. The van der Waals surface area contributed by atoms with E-state index >= 15 is 0 Å². The fourth-order valence-electron chi connectivity index (χ4n) is 1.67. The van der Waals surface area contributed by atoms with Crippen LogP contribution in [0.2, 0.25) is 0 Å². The average Bonchev–Trinajstić information content (AvgIpc) is 2.72. The third-order valence-electron chi connectivity index (χ3n) is 2.19. The second-order valence-electron chi connectivity index (χ2n) is 3.16. The lowest BCUT2D eigenvalue weighted by atomic mass is 10.0. The number of benzene rings is 1. The van der Waals surface area contributed by atoms with Gasteiger partial charge in [0.05, 0.1) is 6.61 Å². The molecule has 0 bridgehead atoms. The third kappa shape index (κ3) is 3.58. The Morgan fingerprint density at radius 3 is 2.20 bits per heavy atom. The molecule has 0 saturated carbocycles. The van der Waals surface area contributed by atoms with Gasteiger partial charge in [-0.25, -0.2) is 0 Å². The van der Waals surface area contributed by atoms with Crippen LogP contribution in [0.5, 0.6) is 5.75 Å². The Kier molecular flexibility index (Phi) is 6.85. The van der Waals surface area contributed by atoms with Crippen molar-refractivity contribution in [2.45, 2.75) is 48.0 Å². The zero-order valence-corrected chi connectivity index (χ0v) is 11.0. The molecule has 0 amide bonds. The van der Waals surface area contributed by atoms with Gasteiger partial charge >= 0.3 is 0 Å². The maximum atomic E-state index is 5.46. The van der Waals surface area contributed by atoms with Crippen molar-refractivity contribution in [2.75, 3.05) is 6.61 Å². The van der Waals surface area contributed by atoms with E-state index in [2.05, 4.69) is 26.0 Å². The normalized spacial score (nSPS) is 11.3. The van der Waals surface area contributed by atoms with Gasteiger partial charge in [0.15, 0.2) is 0 Å². The standard InChI is InChI=1S/C10H12O.2C2H6/c1-7-5-8(2)9-3-4-11-10(9)6-7;2*1-2/h5-6H,3-4H2,1-2H3;2*1-2H3. The fraction of sp³-hybridized carbons (Fsp3) is 0.571. The van der Waals surface area contributed by atoms with E-state index in [0.29, 0.717) is 0 Å². The minimum Gasteiger partial charge on any atom is -0.493 e. The van der Waals surface area contributed by atoms with Crippen LogP contribution in [0.3, 0.4) is 0 Å². The summed E-state index contributed by atoms with van der Waals surface area (Å²) in [5.41, 5.74) is 4.07. The van der Waals surface area contributed by atoms with Gasteiger partial charge in [0.1, 0.15) is 5.75 Å². The fourth-order valence-corrected chi connectivity index (χ4v) is 1.67. The van der Waals surface area contributed by atoms with Gasteiger partial charge in [0, 0.05) is 12.0 Å². The van der Waals surface area contributed by atoms with Gasteiger partial charge in [-0.05, 0) is 31.0 Å². The van der Waals surface area contributed by atoms with Crippen molar-refractivity contribution < 1.29 is 4.74 Å². The summed E-state index contributed by atoms with van der Waals surface area (Å²) in [5, 5.41) is 0. The largest absolute Gasteiger partial charge is 0.493 e. The molecule has 0 atom stereocenters. The van der Waals surface area contributed by atoms with E-state index < -0.39 is 0 Å². The van der Waals surface area contributed by atoms with Gasteiger partial charge in [0.2, 0.25) is 0 Å². The zero-order valence-electron chi connectivity index (χ0n) is 11.0. The van der Waals surface area contributed by atoms with Crippen LogP contribution in [0.25, 0.3) is 0 Å². The molecule has 1 aliphatic rings. The molecule has 0 aromatic heterocycles. The molecule has 1 aliphatic heterocycles. The summed E-state index contributed by atoms with van der Waals surface area (Å²) in [6.45, 7) is 13.1. The third-order valence-corrected chi connectivity index (χ3v) is 2.19. The second-order valence-corrected chi connectivity index (χ2v) is 3.16. The number of hydrogen-bond donors (Lipinski definition) is 0. The topological polar surface area (TPSA) is 9.23 Å². The van der Waals surface area contributed by atoms with Gasteiger partial charge in [-0.3, -0.25) is 0 Å². The van der Waals surface area contributed by atoms with E-state index in [-0.39, 0.29) is 0 Å². The summed E-state index contributed by atoms with van der Waals surface area (Å²) in [7, 11) is 0. The van der Waals surface area contributed by atoms with Crippen molar-refractivity contribution in [3.05, 3.63) is 28.8 Å². The van der Waals surface area contributed by atoms with Crippen molar-refractivity contribution in [3.63, 3.8) is 0 Å². The van der Waals surface area contributed by atoms with E-state index in [1.54, 1.807) is 0 Å². The zero-order chi connectivity index (χ0) is 11.8. The first-order chi connectivity index (χ1) is 7.27. The molecule has 1 nitrogen and oxygen atoms in total. The molecule has 0 aliphatic carbocycles. The summed E-state index contributed by atoms with van der Waals surface area (Å²) in [4.78, 5) is 0. The molecule has 1 heterocycles. The molecule has 15 heavy (non-hydrogen) atoms. The average molecular weight is 208 g/mol. The molecule has 1 aromatic rings. The Morgan fingerprint density at radius 2 is 1.60 bits per heavy atom. The second kappa shape index (κ2) is 7.33. The molecule has 0 saturated heterocycles. The molecule has 1 heteroatoms. The maximum Gasteiger partial charge on any atom is 0.123 e. The van der Waals surface area contributed by atoms with Crippen molar-refractivity contribution in [1.82, 2.24) is 0 Å². The van der Waals surface area contributed by atoms with Gasteiger partial charge in [0.25, 0.3) is 0 Å². The summed E-state index contributed by atoms with van der Waals surface area (Å²) in [6, 6.07) is 4.34. The first kappa shape index (κ1) is 14.0. The summed E-state index contributed by atoms with van der Waals surface area (Å²) < 4.78 is 5.46. The van der Waals surface area contributed by atoms with Crippen LogP contribution in [0.1, 0.15) is 44.4 Å². The predicted molar refractivity (Wildman–Crippen MR) is 67.8 cm³/mol. The number of fused-ring (bicyclic) bond motifs is 1. The van der Waals surface area contributed by atoms with Crippen LogP contribution < -0.4 is 4.74 Å². The lowest BCUT2D eigenvalue weighted by molar-refractivity contribution is 0.356. The van der Waals surface area contributed by atoms with Crippen LogP contribution in [-0.4, -0.2) is 6.61 Å². The minimum absolute atomic E-state index is 0.861. The lowest BCUT2D eigenvalue weighted by Crippen LogP contribution is -1.86. The molecule has 0 fully saturated rings. The Morgan fingerprint density at radius 1 is 1.00 bits per heavy atom. The SMILES string of the molecule is CC.CC.Cc1cc(C)c2c(c1)OCC2. The van der Waals surface area contributed by atoms with E-state index in [1.807, 2.05) is 27.7 Å². The van der Waals surface area contributed by atoms with Crippen molar-refractivity contribution in [1.29, 1.82) is 0 Å². The lowest BCUT2D eigenvalue weighted by Gasteiger charge is -2.03. The first-order valence-electron chi connectivity index (χ1n) is 6.00. The summed E-state index contributed by atoms with van der Waals surface area (Å²) in [5.74, 6) is 1.10. The highest BCUT2D eigenvalue weighted by Crippen LogP contribution is 2.29. The van der Waals surface area contributed by atoms with Gasteiger partial charge in [-0.1, -0.05) is 33.8 Å². The van der Waals surface area contributed by atoms with Crippen LogP contribution in [0.15, 0.2) is 12.1 Å². The molecule has 0 spiro atoms. The quantitative estimate of drug-likeness (QED) is 0.618. The van der Waals surface area contributed by atoms with Gasteiger partial charge < -0.3 is 4.74 Å². The Hall–Kier alpha value is -0.980. The summed E-state index contributed by atoms with van der Waals surface area (Å²) >= 11 is 0. The van der Waals surface area contributed by atoms with Gasteiger partial charge in [-0.15, -0.1) is 0 Å². The maximum absolute atomic E-state index is 5.46. The van der Waals surface area contributed by atoms with Gasteiger partial charge in [-0.2, -0.15) is 0 Å². The summed E-state index contributed by atoms with van der Waals surface area (Å²) in [6.07, 6.45) is 1.08. The molecule has 0 N–H and O–H groups in total. The number of rotatable bonds is 0. The molecular formula is C14H24O. The Bertz CT molecular complexity index is 290. The highest BCUT2D eigenvalue weighted by Gasteiger charge is 2.13. The van der Waals surface area contributed by atoms with E-state index in [1.165, 1.54) is 16.7 Å². The smallest absolute Gasteiger partial charge is 0.123 e. The highest BCUT2D eigenvalue weighted by molar-refractivity contribution is 5.45. The highest BCUT2D eigenvalue weighted by atomic mass is 16.5. The van der Waals surface area contributed by atoms with E-state index in [9.17, 15) is 0 Å². The van der Waals surface area contributed by atoms with Crippen molar-refractivity contribution in [2.24, 2.45) is 0 Å². The van der Waals surface area contributed by atoms with Crippen LogP contribution >= 0.6 is 0 Å². The van der Waals surface area contributed by atoms with Crippen LogP contribution in [0, 0.1) is 13.8 Å².